The van der Waals surface area contributed by atoms with E-state index in [-0.39, 0.29) is 12.5 Å². The summed E-state index contributed by atoms with van der Waals surface area (Å²) in [5.74, 6) is 0.272. The summed E-state index contributed by atoms with van der Waals surface area (Å²) in [5, 5.41) is 9.60. The molecule has 0 radical (unpaired) electrons. The smallest absolute Gasteiger partial charge is 0.253 e. The molecular weight excluding hydrogens is 299 g/mol. The normalized spacial score (nSPS) is 19.1. The van der Waals surface area contributed by atoms with Crippen molar-refractivity contribution in [3.8, 4) is 0 Å². The highest BCUT2D eigenvalue weighted by atomic mass is 35.5. The van der Waals surface area contributed by atoms with E-state index < -0.39 is 0 Å². The van der Waals surface area contributed by atoms with E-state index in [4.69, 9.17) is 34.0 Å². The van der Waals surface area contributed by atoms with Crippen LogP contribution in [0.15, 0.2) is 12.1 Å². The first-order valence-corrected chi connectivity index (χ1v) is 7.43. The van der Waals surface area contributed by atoms with Crippen molar-refractivity contribution in [1.29, 1.82) is 0 Å². The van der Waals surface area contributed by atoms with Gasteiger partial charge in [-0.3, -0.25) is 4.79 Å². The summed E-state index contributed by atoms with van der Waals surface area (Å²) in [4.78, 5) is 14.3. The number of carbonyl (C=O) groups is 1. The lowest BCUT2D eigenvalue weighted by molar-refractivity contribution is 0.0653. The lowest BCUT2D eigenvalue weighted by Crippen LogP contribution is -2.40. The highest BCUT2D eigenvalue weighted by molar-refractivity contribution is 6.39. The molecule has 3 N–H and O–H groups in total. The summed E-state index contributed by atoms with van der Waals surface area (Å²) in [6.45, 7) is 1.55. The number of hydrogen-bond acceptors (Lipinski definition) is 3. The van der Waals surface area contributed by atoms with E-state index in [9.17, 15) is 4.79 Å². The number of anilines is 1. The van der Waals surface area contributed by atoms with Crippen molar-refractivity contribution in [2.45, 2.75) is 19.3 Å². The summed E-state index contributed by atoms with van der Waals surface area (Å²) in [5.41, 5.74) is 6.42. The molecule has 0 spiro atoms. The predicted octanol–water partition coefficient (Wildman–Crippen LogP) is 2.81. The number of piperidine rings is 1. The summed E-state index contributed by atoms with van der Waals surface area (Å²) < 4.78 is 0. The second-order valence-corrected chi connectivity index (χ2v) is 5.94. The molecule has 0 saturated carbocycles. The number of likely N-dealkylation sites (tertiary alicyclic amines) is 1. The number of benzene rings is 1. The number of hydrogen-bond donors (Lipinski definition) is 2. The first kappa shape index (κ1) is 15.4. The molecule has 1 aliphatic heterocycles. The fourth-order valence-electron chi connectivity index (χ4n) is 2.56. The summed E-state index contributed by atoms with van der Waals surface area (Å²) >= 11 is 11.9. The zero-order valence-corrected chi connectivity index (χ0v) is 12.6. The Balaban J connectivity index is 2.14. The fraction of sp³-hybridized carbons (Fsp3) is 0.500. The maximum absolute atomic E-state index is 12.5. The van der Waals surface area contributed by atoms with Gasteiger partial charge in [-0.15, -0.1) is 0 Å². The van der Waals surface area contributed by atoms with Gasteiger partial charge in [0, 0.05) is 25.3 Å². The van der Waals surface area contributed by atoms with E-state index in [1.165, 1.54) is 0 Å². The van der Waals surface area contributed by atoms with Gasteiger partial charge in [0.05, 0.1) is 15.7 Å². The summed E-state index contributed by atoms with van der Waals surface area (Å²) in [6.07, 6.45) is 2.73. The lowest BCUT2D eigenvalue weighted by Gasteiger charge is -2.32. The molecule has 1 aromatic carbocycles. The Bertz CT molecular complexity index is 483. The average molecular weight is 317 g/mol. The fourth-order valence-corrected chi connectivity index (χ4v) is 3.05. The van der Waals surface area contributed by atoms with Gasteiger partial charge in [-0.25, -0.2) is 0 Å². The molecule has 4 nitrogen and oxygen atoms in total. The molecule has 0 aliphatic carbocycles. The third-order valence-corrected chi connectivity index (χ3v) is 4.29. The van der Waals surface area contributed by atoms with Gasteiger partial charge in [0.25, 0.3) is 5.91 Å². The zero-order chi connectivity index (χ0) is 14.7. The summed E-state index contributed by atoms with van der Waals surface area (Å²) in [7, 11) is 0. The van der Waals surface area contributed by atoms with Crippen LogP contribution in [0.2, 0.25) is 10.0 Å². The van der Waals surface area contributed by atoms with Gasteiger partial charge in [-0.1, -0.05) is 23.2 Å². The van der Waals surface area contributed by atoms with Crippen LogP contribution in [0.1, 0.15) is 29.6 Å². The minimum Gasteiger partial charge on any atom is -0.396 e. The van der Waals surface area contributed by atoms with Gasteiger partial charge in [0.2, 0.25) is 0 Å². The number of rotatable bonds is 3. The number of nitrogens with two attached hydrogens (primary N) is 1. The van der Waals surface area contributed by atoms with E-state index >= 15 is 0 Å². The molecule has 0 aromatic heterocycles. The molecule has 20 heavy (non-hydrogen) atoms. The average Bonchev–Trinajstić information content (AvgIpc) is 2.44. The quantitative estimate of drug-likeness (QED) is 0.843. The van der Waals surface area contributed by atoms with Crippen molar-refractivity contribution < 1.29 is 9.90 Å². The standard InChI is InChI=1S/C14H18Cl2N2O2/c15-11-6-10(7-12(16)13(11)17)14(20)18-4-1-2-9(8-18)3-5-19/h6-7,9,19H,1-5,8,17H2. The Morgan fingerprint density at radius 3 is 2.65 bits per heavy atom. The highest BCUT2D eigenvalue weighted by Crippen LogP contribution is 2.30. The molecule has 1 unspecified atom stereocenters. The monoisotopic (exact) mass is 316 g/mol. The first-order valence-electron chi connectivity index (χ1n) is 6.67. The van der Waals surface area contributed by atoms with Crippen LogP contribution in [0.25, 0.3) is 0 Å². The van der Waals surface area contributed by atoms with E-state index in [1.54, 1.807) is 17.0 Å². The molecule has 6 heteroatoms. The maximum Gasteiger partial charge on any atom is 0.253 e. The van der Waals surface area contributed by atoms with Gasteiger partial charge in [0.1, 0.15) is 0 Å². The van der Waals surface area contributed by atoms with Crippen molar-refractivity contribution in [1.82, 2.24) is 4.90 Å². The van der Waals surface area contributed by atoms with Gasteiger partial charge < -0.3 is 15.7 Å². The third kappa shape index (κ3) is 3.37. The molecular formula is C14H18Cl2N2O2. The first-order chi connectivity index (χ1) is 9.52. The van der Waals surface area contributed by atoms with Crippen molar-refractivity contribution in [2.75, 3.05) is 25.4 Å². The van der Waals surface area contributed by atoms with Crippen LogP contribution in [0.5, 0.6) is 0 Å². The highest BCUT2D eigenvalue weighted by Gasteiger charge is 2.24. The maximum atomic E-state index is 12.5. The molecule has 1 aliphatic rings. The molecule has 1 fully saturated rings. The number of nitrogens with zero attached hydrogens (tertiary/aromatic N) is 1. The second-order valence-electron chi connectivity index (χ2n) is 5.13. The predicted molar refractivity (Wildman–Crippen MR) is 81.2 cm³/mol. The number of aliphatic hydroxyl groups excluding tert-OH is 1. The Morgan fingerprint density at radius 1 is 1.40 bits per heavy atom. The molecule has 1 saturated heterocycles. The zero-order valence-electron chi connectivity index (χ0n) is 11.1. The van der Waals surface area contributed by atoms with Crippen molar-refractivity contribution in [3.63, 3.8) is 0 Å². The molecule has 1 atom stereocenters. The van der Waals surface area contributed by atoms with Crippen LogP contribution >= 0.6 is 23.2 Å². The van der Waals surface area contributed by atoms with Crippen LogP contribution in [-0.2, 0) is 0 Å². The van der Waals surface area contributed by atoms with Gasteiger partial charge >= 0.3 is 0 Å². The number of aliphatic hydroxyl groups is 1. The third-order valence-electron chi connectivity index (χ3n) is 3.67. The molecule has 110 valence electrons. The Hall–Kier alpha value is -0.970. The van der Waals surface area contributed by atoms with Crippen LogP contribution in [0.3, 0.4) is 0 Å². The number of halogens is 2. The summed E-state index contributed by atoms with van der Waals surface area (Å²) in [6, 6.07) is 3.11. The Kier molecular flexibility index (Phi) is 5.13. The van der Waals surface area contributed by atoms with Gasteiger partial charge in [0.15, 0.2) is 0 Å². The SMILES string of the molecule is Nc1c(Cl)cc(C(=O)N2CCCC(CCO)C2)cc1Cl. The van der Waals surface area contributed by atoms with Crippen molar-refractivity contribution in [3.05, 3.63) is 27.7 Å². The lowest BCUT2D eigenvalue weighted by atomic mass is 9.94. The van der Waals surface area contributed by atoms with E-state index in [0.29, 0.717) is 33.8 Å². The van der Waals surface area contributed by atoms with Crippen LogP contribution in [-0.4, -0.2) is 35.6 Å². The molecule has 1 heterocycles. The number of carbonyl (C=O) groups excluding carboxylic acids is 1. The Morgan fingerprint density at radius 2 is 2.05 bits per heavy atom. The van der Waals surface area contributed by atoms with Gasteiger partial charge in [-0.2, -0.15) is 0 Å². The van der Waals surface area contributed by atoms with Crippen molar-refractivity contribution >= 4 is 34.8 Å². The largest absolute Gasteiger partial charge is 0.396 e. The number of amides is 1. The van der Waals surface area contributed by atoms with E-state index in [2.05, 4.69) is 0 Å². The van der Waals surface area contributed by atoms with Gasteiger partial charge in [-0.05, 0) is 37.3 Å². The molecule has 1 aromatic rings. The number of nitrogen functional groups attached to an aromatic ring is 1. The topological polar surface area (TPSA) is 66.6 Å². The minimum absolute atomic E-state index is 0.0866. The molecule has 1 amide bonds. The Labute approximate surface area is 128 Å². The van der Waals surface area contributed by atoms with Crippen LogP contribution in [0.4, 0.5) is 5.69 Å². The molecule has 2 rings (SSSR count). The van der Waals surface area contributed by atoms with E-state index in [1.807, 2.05) is 0 Å². The van der Waals surface area contributed by atoms with Crippen LogP contribution in [0, 0.1) is 5.92 Å². The minimum atomic E-state index is -0.0866. The van der Waals surface area contributed by atoms with Crippen molar-refractivity contribution in [2.24, 2.45) is 5.92 Å². The van der Waals surface area contributed by atoms with Crippen LogP contribution < -0.4 is 5.73 Å². The second kappa shape index (κ2) is 6.66. The molecule has 0 bridgehead atoms. The van der Waals surface area contributed by atoms with E-state index in [0.717, 1.165) is 25.8 Å².